The van der Waals surface area contributed by atoms with E-state index < -0.39 is 0 Å². The Hall–Kier alpha value is -3.74. The van der Waals surface area contributed by atoms with E-state index in [0.717, 1.165) is 16.6 Å². The van der Waals surface area contributed by atoms with Crippen LogP contribution < -0.4 is 10.1 Å². The number of carbonyl (C=O) groups is 1. The molecule has 2 N–H and O–H groups in total. The van der Waals surface area contributed by atoms with E-state index in [1.54, 1.807) is 12.3 Å². The highest BCUT2D eigenvalue weighted by Gasteiger charge is 2.08. The van der Waals surface area contributed by atoms with Gasteiger partial charge in [0.15, 0.2) is 6.61 Å². The summed E-state index contributed by atoms with van der Waals surface area (Å²) in [5.41, 5.74) is 3.14. The van der Waals surface area contributed by atoms with Gasteiger partial charge in [-0.3, -0.25) is 4.79 Å². The molecule has 0 spiro atoms. The molecular formula is C20H15FN4O2. The number of imidazole rings is 1. The summed E-state index contributed by atoms with van der Waals surface area (Å²) < 4.78 is 18.2. The number of benzene rings is 2. The predicted molar refractivity (Wildman–Crippen MR) is 99.8 cm³/mol. The van der Waals surface area contributed by atoms with Gasteiger partial charge in [0.05, 0.1) is 11.0 Å². The van der Waals surface area contributed by atoms with Gasteiger partial charge in [-0.15, -0.1) is 0 Å². The molecule has 4 aromatic rings. The quantitative estimate of drug-likeness (QED) is 0.566. The number of aromatic amines is 1. The second-order valence-corrected chi connectivity index (χ2v) is 5.83. The van der Waals surface area contributed by atoms with Crippen molar-refractivity contribution >= 4 is 22.6 Å². The van der Waals surface area contributed by atoms with Gasteiger partial charge in [0.25, 0.3) is 5.91 Å². The van der Waals surface area contributed by atoms with Crippen LogP contribution in [0.3, 0.4) is 0 Å². The lowest BCUT2D eigenvalue weighted by Gasteiger charge is -2.07. The molecule has 4 rings (SSSR count). The number of halogens is 1. The van der Waals surface area contributed by atoms with Crippen LogP contribution in [0.2, 0.25) is 0 Å². The van der Waals surface area contributed by atoms with E-state index in [2.05, 4.69) is 20.3 Å². The van der Waals surface area contributed by atoms with Crippen LogP contribution in [-0.4, -0.2) is 27.5 Å². The molecule has 0 saturated carbocycles. The zero-order valence-electron chi connectivity index (χ0n) is 14.1. The number of rotatable bonds is 5. The van der Waals surface area contributed by atoms with E-state index in [9.17, 15) is 9.18 Å². The first-order chi connectivity index (χ1) is 13.2. The molecule has 0 aliphatic carbocycles. The number of fused-ring (bicyclic) bond motifs is 1. The molecule has 2 aromatic heterocycles. The standard InChI is InChI=1S/C20H15FN4O2/c21-14-6-8-15(9-7-14)23-18(26)12-27-19-10-5-13(11-22-19)20-24-16-3-1-2-4-17(16)25-20/h1-11H,12H2,(H,23,26)(H,24,25). The molecule has 0 aliphatic rings. The number of H-pyrrole nitrogens is 1. The van der Waals surface area contributed by atoms with Gasteiger partial charge < -0.3 is 15.0 Å². The normalized spacial score (nSPS) is 10.7. The number of anilines is 1. The molecule has 0 radical (unpaired) electrons. The van der Waals surface area contributed by atoms with Gasteiger partial charge in [-0.25, -0.2) is 14.4 Å². The fraction of sp³-hybridized carbons (Fsp3) is 0.0500. The van der Waals surface area contributed by atoms with Gasteiger partial charge >= 0.3 is 0 Å². The van der Waals surface area contributed by atoms with Gasteiger partial charge in [0.2, 0.25) is 5.88 Å². The van der Waals surface area contributed by atoms with E-state index in [4.69, 9.17) is 4.74 Å². The zero-order chi connectivity index (χ0) is 18.6. The lowest BCUT2D eigenvalue weighted by Crippen LogP contribution is -2.20. The topological polar surface area (TPSA) is 79.9 Å². The van der Waals surface area contributed by atoms with Crippen LogP contribution in [0, 0.1) is 5.82 Å². The van der Waals surface area contributed by atoms with Crippen LogP contribution in [-0.2, 0) is 4.79 Å². The Morgan fingerprint density at radius 1 is 1.07 bits per heavy atom. The van der Waals surface area contributed by atoms with Crippen LogP contribution in [0.15, 0.2) is 66.9 Å². The third kappa shape index (κ3) is 3.92. The van der Waals surface area contributed by atoms with Crippen molar-refractivity contribution in [1.82, 2.24) is 15.0 Å². The van der Waals surface area contributed by atoms with E-state index in [1.165, 1.54) is 24.3 Å². The summed E-state index contributed by atoms with van der Waals surface area (Å²) in [6.45, 7) is -0.200. The number of aromatic nitrogens is 3. The molecule has 2 heterocycles. The summed E-state index contributed by atoms with van der Waals surface area (Å²) in [6.07, 6.45) is 1.63. The van der Waals surface area contributed by atoms with Gasteiger partial charge in [-0.1, -0.05) is 12.1 Å². The summed E-state index contributed by atoms with van der Waals surface area (Å²) in [4.78, 5) is 23.8. The molecule has 1 amide bonds. The van der Waals surface area contributed by atoms with Crippen LogP contribution in [0.1, 0.15) is 0 Å². The Balaban J connectivity index is 1.37. The van der Waals surface area contributed by atoms with Crippen molar-refractivity contribution in [3.8, 4) is 17.3 Å². The number of carbonyl (C=O) groups excluding carboxylic acids is 1. The van der Waals surface area contributed by atoms with Crippen LogP contribution in [0.5, 0.6) is 5.88 Å². The largest absolute Gasteiger partial charge is 0.468 e. The molecule has 134 valence electrons. The fourth-order valence-electron chi connectivity index (χ4n) is 2.57. The second-order valence-electron chi connectivity index (χ2n) is 5.83. The maximum Gasteiger partial charge on any atom is 0.262 e. The average molecular weight is 362 g/mol. The molecular weight excluding hydrogens is 347 g/mol. The van der Waals surface area contributed by atoms with Gasteiger partial charge in [0, 0.05) is 23.5 Å². The van der Waals surface area contributed by atoms with E-state index in [1.807, 2.05) is 30.3 Å². The molecule has 7 heteroatoms. The minimum absolute atomic E-state index is 0.200. The highest BCUT2D eigenvalue weighted by molar-refractivity contribution is 5.91. The maximum atomic E-state index is 12.9. The van der Waals surface area contributed by atoms with Crippen molar-refractivity contribution in [2.24, 2.45) is 0 Å². The number of pyridine rings is 1. The number of para-hydroxylation sites is 2. The predicted octanol–water partition coefficient (Wildman–Crippen LogP) is 3.78. The van der Waals surface area contributed by atoms with Crippen molar-refractivity contribution in [1.29, 1.82) is 0 Å². The lowest BCUT2D eigenvalue weighted by atomic mass is 10.3. The van der Waals surface area contributed by atoms with Crippen molar-refractivity contribution in [2.45, 2.75) is 0 Å². The minimum atomic E-state index is -0.363. The van der Waals surface area contributed by atoms with Gasteiger partial charge in [-0.2, -0.15) is 0 Å². The zero-order valence-corrected chi connectivity index (χ0v) is 14.1. The number of hydrogen-bond acceptors (Lipinski definition) is 4. The summed E-state index contributed by atoms with van der Waals surface area (Å²) >= 11 is 0. The molecule has 0 unspecified atom stereocenters. The molecule has 0 atom stereocenters. The molecule has 0 aliphatic heterocycles. The number of amides is 1. The number of hydrogen-bond donors (Lipinski definition) is 2. The Bertz CT molecular complexity index is 1040. The Labute approximate surface area is 154 Å². The summed E-state index contributed by atoms with van der Waals surface area (Å²) in [5.74, 6) is 0.316. The van der Waals surface area contributed by atoms with Crippen molar-refractivity contribution in [2.75, 3.05) is 11.9 Å². The number of ether oxygens (including phenoxy) is 1. The Kier molecular flexibility index (Phi) is 4.49. The maximum absolute atomic E-state index is 12.9. The van der Waals surface area contributed by atoms with Gasteiger partial charge in [-0.05, 0) is 42.5 Å². The van der Waals surface area contributed by atoms with E-state index >= 15 is 0 Å². The summed E-state index contributed by atoms with van der Waals surface area (Å²) in [5, 5.41) is 2.62. The first-order valence-electron chi connectivity index (χ1n) is 8.27. The Morgan fingerprint density at radius 3 is 2.63 bits per heavy atom. The van der Waals surface area contributed by atoms with Crippen LogP contribution >= 0.6 is 0 Å². The minimum Gasteiger partial charge on any atom is -0.468 e. The molecule has 27 heavy (non-hydrogen) atoms. The van der Waals surface area contributed by atoms with Crippen molar-refractivity contribution < 1.29 is 13.9 Å². The smallest absolute Gasteiger partial charge is 0.262 e. The van der Waals surface area contributed by atoms with E-state index in [0.29, 0.717) is 17.4 Å². The SMILES string of the molecule is O=C(COc1ccc(-c2nc3ccccc3[nH]2)cn1)Nc1ccc(F)cc1. The van der Waals surface area contributed by atoms with Crippen molar-refractivity contribution in [3.05, 3.63) is 72.7 Å². The van der Waals surface area contributed by atoms with Crippen molar-refractivity contribution in [3.63, 3.8) is 0 Å². The highest BCUT2D eigenvalue weighted by Crippen LogP contribution is 2.21. The van der Waals surface area contributed by atoms with Crippen LogP contribution in [0.25, 0.3) is 22.4 Å². The highest BCUT2D eigenvalue weighted by atomic mass is 19.1. The average Bonchev–Trinajstić information content (AvgIpc) is 3.13. The molecule has 6 nitrogen and oxygen atoms in total. The monoisotopic (exact) mass is 362 g/mol. The molecule has 0 bridgehead atoms. The fourth-order valence-corrected chi connectivity index (χ4v) is 2.57. The Morgan fingerprint density at radius 2 is 1.89 bits per heavy atom. The molecule has 0 fully saturated rings. The molecule has 0 saturated heterocycles. The lowest BCUT2D eigenvalue weighted by molar-refractivity contribution is -0.118. The number of nitrogens with zero attached hydrogens (tertiary/aromatic N) is 2. The third-order valence-electron chi connectivity index (χ3n) is 3.88. The van der Waals surface area contributed by atoms with Gasteiger partial charge in [0.1, 0.15) is 11.6 Å². The second kappa shape index (κ2) is 7.25. The first-order valence-corrected chi connectivity index (χ1v) is 8.27. The van der Waals surface area contributed by atoms with E-state index in [-0.39, 0.29) is 18.3 Å². The summed E-state index contributed by atoms with van der Waals surface area (Å²) in [6, 6.07) is 16.8. The summed E-state index contributed by atoms with van der Waals surface area (Å²) in [7, 11) is 0. The molecule has 2 aromatic carbocycles. The van der Waals surface area contributed by atoms with Crippen LogP contribution in [0.4, 0.5) is 10.1 Å². The first kappa shape index (κ1) is 16.7. The third-order valence-corrected chi connectivity index (χ3v) is 3.88. The number of nitrogens with one attached hydrogen (secondary N) is 2.